The lowest BCUT2D eigenvalue weighted by molar-refractivity contribution is 0.892. The number of fused-ring (bicyclic) bond motifs is 5. The molecule has 0 fully saturated rings. The maximum Gasteiger partial charge on any atom is 0.0175 e. The van der Waals surface area contributed by atoms with Gasteiger partial charge in [-0.1, -0.05) is 94.8 Å². The summed E-state index contributed by atoms with van der Waals surface area (Å²) in [4.78, 5) is 0. The Hall–Kier alpha value is -2.90. The predicted molar refractivity (Wildman–Crippen MR) is 135 cm³/mol. The third-order valence-electron chi connectivity index (χ3n) is 6.83. The molecule has 0 heterocycles. The van der Waals surface area contributed by atoms with E-state index >= 15 is 0 Å². The maximum atomic E-state index is 3.52. The lowest BCUT2D eigenvalue weighted by Crippen LogP contribution is -2.10. The third kappa shape index (κ3) is 3.38. The number of halogens is 1. The normalized spacial score (nSPS) is 14.3. The van der Waals surface area contributed by atoms with Crippen LogP contribution in [-0.4, -0.2) is 0 Å². The molecule has 1 heteroatoms. The summed E-state index contributed by atoms with van der Waals surface area (Å²) in [6, 6.07) is 31.2. The standard InChI is InChI=1S/C30H23Br/c31-26-14-9-21(10-15-26)20-5-7-22(8-6-20)24-12-16-28-25(19-24)13-18-29-27-4-2-1-3-23(27)11-17-30(28)29/h1-10,13-15,18-19H,11-12,16-17H2. The molecule has 0 nitrogen and oxygen atoms in total. The fourth-order valence-electron chi connectivity index (χ4n) is 5.21. The van der Waals surface area contributed by atoms with E-state index in [4.69, 9.17) is 0 Å². The lowest BCUT2D eigenvalue weighted by Gasteiger charge is -2.26. The monoisotopic (exact) mass is 462 g/mol. The molecule has 0 bridgehead atoms. The molecule has 0 saturated carbocycles. The molecule has 6 rings (SSSR count). The van der Waals surface area contributed by atoms with Crippen molar-refractivity contribution in [3.63, 3.8) is 0 Å². The molecule has 4 aromatic rings. The summed E-state index contributed by atoms with van der Waals surface area (Å²) in [5, 5.41) is 0. The first-order chi connectivity index (χ1) is 15.3. The van der Waals surface area contributed by atoms with Crippen LogP contribution in [-0.2, 0) is 19.3 Å². The Kier molecular flexibility index (Phi) is 4.65. The van der Waals surface area contributed by atoms with Gasteiger partial charge in [-0.05, 0) is 93.5 Å². The van der Waals surface area contributed by atoms with E-state index < -0.39 is 0 Å². The van der Waals surface area contributed by atoms with Gasteiger partial charge in [-0.15, -0.1) is 0 Å². The molecule has 2 aliphatic carbocycles. The van der Waals surface area contributed by atoms with Crippen LogP contribution in [0.1, 0.15) is 34.2 Å². The Morgan fingerprint density at radius 1 is 0.516 bits per heavy atom. The highest BCUT2D eigenvalue weighted by Crippen LogP contribution is 2.40. The van der Waals surface area contributed by atoms with E-state index in [2.05, 4.69) is 107 Å². The average Bonchev–Trinajstić information content (AvgIpc) is 2.84. The van der Waals surface area contributed by atoms with Crippen molar-refractivity contribution in [1.29, 1.82) is 0 Å². The Labute approximate surface area is 192 Å². The smallest absolute Gasteiger partial charge is 0.0175 e. The van der Waals surface area contributed by atoms with Gasteiger partial charge >= 0.3 is 0 Å². The van der Waals surface area contributed by atoms with Gasteiger partial charge in [0.2, 0.25) is 0 Å². The van der Waals surface area contributed by atoms with Crippen LogP contribution >= 0.6 is 15.9 Å². The highest BCUT2D eigenvalue weighted by atomic mass is 79.9. The molecular formula is C30H23Br. The van der Waals surface area contributed by atoms with Gasteiger partial charge in [0, 0.05) is 4.47 Å². The second kappa shape index (κ2) is 7.66. The Bertz CT molecular complexity index is 1310. The zero-order chi connectivity index (χ0) is 20.8. The van der Waals surface area contributed by atoms with Crippen LogP contribution < -0.4 is 0 Å². The van der Waals surface area contributed by atoms with Crippen molar-refractivity contribution in [3.05, 3.63) is 117 Å². The van der Waals surface area contributed by atoms with Crippen LogP contribution in [0, 0.1) is 0 Å². The van der Waals surface area contributed by atoms with E-state index in [-0.39, 0.29) is 0 Å². The van der Waals surface area contributed by atoms with E-state index in [1.807, 2.05) is 0 Å². The summed E-state index contributed by atoms with van der Waals surface area (Å²) >= 11 is 3.52. The van der Waals surface area contributed by atoms with E-state index in [0.29, 0.717) is 0 Å². The number of benzene rings is 4. The largest absolute Gasteiger partial charge is 0.0620 e. The molecule has 0 unspecified atom stereocenters. The summed E-state index contributed by atoms with van der Waals surface area (Å²) < 4.78 is 1.12. The Morgan fingerprint density at radius 2 is 1.19 bits per heavy atom. The van der Waals surface area contributed by atoms with E-state index in [9.17, 15) is 0 Å². The molecule has 0 saturated heterocycles. The minimum Gasteiger partial charge on any atom is -0.0620 e. The first kappa shape index (κ1) is 18.8. The van der Waals surface area contributed by atoms with Gasteiger partial charge in [0.05, 0.1) is 0 Å². The number of hydrogen-bond donors (Lipinski definition) is 0. The first-order valence-corrected chi connectivity index (χ1v) is 11.9. The zero-order valence-corrected chi connectivity index (χ0v) is 19.0. The van der Waals surface area contributed by atoms with Crippen molar-refractivity contribution in [2.75, 3.05) is 0 Å². The summed E-state index contributed by atoms with van der Waals surface area (Å²) in [7, 11) is 0. The number of hydrogen-bond acceptors (Lipinski definition) is 0. The fraction of sp³-hybridized carbons (Fsp3) is 0.133. The zero-order valence-electron chi connectivity index (χ0n) is 17.4. The van der Waals surface area contributed by atoms with Gasteiger partial charge in [0.15, 0.2) is 0 Å². The SMILES string of the molecule is Brc1ccc(-c2ccc(C3=Cc4ccc5c(c4CC3)CCc3ccccc3-5)cc2)cc1. The molecule has 0 spiro atoms. The van der Waals surface area contributed by atoms with Gasteiger partial charge in [-0.2, -0.15) is 0 Å². The number of rotatable bonds is 2. The minimum atomic E-state index is 1.11. The molecule has 0 atom stereocenters. The average molecular weight is 463 g/mol. The van der Waals surface area contributed by atoms with E-state index in [1.165, 1.54) is 50.9 Å². The van der Waals surface area contributed by atoms with Gasteiger partial charge in [0.25, 0.3) is 0 Å². The van der Waals surface area contributed by atoms with Crippen LogP contribution in [0.3, 0.4) is 0 Å². The topological polar surface area (TPSA) is 0 Å². The summed E-state index contributed by atoms with van der Waals surface area (Å²) in [6.45, 7) is 0. The van der Waals surface area contributed by atoms with Crippen molar-refractivity contribution >= 4 is 27.6 Å². The predicted octanol–water partition coefficient (Wildman–Crippen LogP) is 8.37. The van der Waals surface area contributed by atoms with Gasteiger partial charge in [0.1, 0.15) is 0 Å². The molecule has 0 amide bonds. The molecule has 4 aromatic carbocycles. The molecule has 0 radical (unpaired) electrons. The van der Waals surface area contributed by atoms with Crippen molar-refractivity contribution in [3.8, 4) is 22.3 Å². The lowest BCUT2D eigenvalue weighted by atomic mass is 9.78. The molecule has 0 aromatic heterocycles. The summed E-state index contributed by atoms with van der Waals surface area (Å²) in [5.74, 6) is 0. The number of aryl methyl sites for hydroxylation is 1. The van der Waals surface area contributed by atoms with Crippen LogP contribution in [0.15, 0.2) is 89.4 Å². The molecule has 0 N–H and O–H groups in total. The number of allylic oxidation sites excluding steroid dienone is 1. The third-order valence-corrected chi connectivity index (χ3v) is 7.36. The molecule has 150 valence electrons. The van der Waals surface area contributed by atoms with E-state index in [0.717, 1.165) is 23.7 Å². The van der Waals surface area contributed by atoms with Crippen LogP contribution in [0.5, 0.6) is 0 Å². The maximum absolute atomic E-state index is 3.52. The van der Waals surface area contributed by atoms with Crippen LogP contribution in [0.25, 0.3) is 33.9 Å². The summed E-state index contributed by atoms with van der Waals surface area (Å²) in [5.41, 5.74) is 14.3. The van der Waals surface area contributed by atoms with Crippen LogP contribution in [0.2, 0.25) is 0 Å². The van der Waals surface area contributed by atoms with Crippen molar-refractivity contribution < 1.29 is 0 Å². The van der Waals surface area contributed by atoms with Crippen molar-refractivity contribution in [1.82, 2.24) is 0 Å². The second-order valence-electron chi connectivity index (χ2n) is 8.57. The van der Waals surface area contributed by atoms with Crippen molar-refractivity contribution in [2.45, 2.75) is 25.7 Å². The Morgan fingerprint density at radius 3 is 2.00 bits per heavy atom. The molecule has 2 aliphatic rings. The minimum absolute atomic E-state index is 1.11. The quantitative estimate of drug-likeness (QED) is 0.280. The molecule has 31 heavy (non-hydrogen) atoms. The first-order valence-electron chi connectivity index (χ1n) is 11.1. The van der Waals surface area contributed by atoms with E-state index in [1.54, 1.807) is 11.1 Å². The van der Waals surface area contributed by atoms with Gasteiger partial charge in [-0.3, -0.25) is 0 Å². The second-order valence-corrected chi connectivity index (χ2v) is 9.49. The highest BCUT2D eigenvalue weighted by Gasteiger charge is 2.22. The van der Waals surface area contributed by atoms with Crippen molar-refractivity contribution in [2.24, 2.45) is 0 Å². The summed E-state index contributed by atoms with van der Waals surface area (Å²) in [6.07, 6.45) is 7.01. The Balaban J connectivity index is 1.34. The van der Waals surface area contributed by atoms with Crippen LogP contribution in [0.4, 0.5) is 0 Å². The fourth-order valence-corrected chi connectivity index (χ4v) is 5.47. The highest BCUT2D eigenvalue weighted by molar-refractivity contribution is 9.10. The van der Waals surface area contributed by atoms with Gasteiger partial charge < -0.3 is 0 Å². The molecule has 0 aliphatic heterocycles. The molecular weight excluding hydrogens is 440 g/mol. The van der Waals surface area contributed by atoms with Gasteiger partial charge in [-0.25, -0.2) is 0 Å².